The first-order chi connectivity index (χ1) is 26.8. The second-order valence-corrected chi connectivity index (χ2v) is 15.2. The Morgan fingerprint density at radius 3 is 1.61 bits per heavy atom. The maximum atomic E-state index is 14.2. The first-order valence-corrected chi connectivity index (χ1v) is 19.6. The summed E-state index contributed by atoms with van der Waals surface area (Å²) in [5.41, 5.74) is 17.9. The van der Waals surface area contributed by atoms with Gasteiger partial charge in [0.25, 0.3) is 0 Å². The van der Waals surface area contributed by atoms with Crippen LogP contribution in [0.2, 0.25) is 0 Å². The van der Waals surface area contributed by atoms with Crippen molar-refractivity contribution in [3.05, 3.63) is 0 Å². The van der Waals surface area contributed by atoms with Gasteiger partial charge < -0.3 is 74.5 Å². The molecule has 0 spiro atoms. The number of aliphatic hydroxyl groups is 3. The predicted octanol–water partition coefficient (Wildman–Crippen LogP) is -5.20. The molecule has 0 radical (unpaired) electrons. The highest BCUT2D eigenvalue weighted by molar-refractivity contribution is 5.97. The zero-order valence-electron chi connectivity index (χ0n) is 31.7. The van der Waals surface area contributed by atoms with Crippen LogP contribution in [0, 0.1) is 11.8 Å². The number of hydrogen-bond acceptors (Lipinski definition) is 16. The van der Waals surface area contributed by atoms with Gasteiger partial charge in [-0.2, -0.15) is 0 Å². The lowest BCUT2D eigenvalue weighted by Crippen LogP contribution is -2.67. The van der Waals surface area contributed by atoms with E-state index in [-0.39, 0.29) is 37.3 Å². The van der Waals surface area contributed by atoms with Crippen molar-refractivity contribution in [2.75, 3.05) is 26.2 Å². The Morgan fingerprint density at radius 2 is 1.14 bits per heavy atom. The van der Waals surface area contributed by atoms with Crippen LogP contribution in [0.1, 0.15) is 77.0 Å². The Labute approximate surface area is 325 Å². The lowest BCUT2D eigenvalue weighted by molar-refractivity contribution is -0.139. The number of aliphatic imine (C=N–C) groups is 2. The van der Waals surface area contributed by atoms with Gasteiger partial charge in [0, 0.05) is 0 Å². The van der Waals surface area contributed by atoms with Gasteiger partial charge in [-0.1, -0.05) is 64.2 Å². The fraction of sp³-hybridized carbons (Fsp3) is 0.771. The van der Waals surface area contributed by atoms with Crippen molar-refractivity contribution in [1.29, 1.82) is 0 Å². The van der Waals surface area contributed by atoms with Gasteiger partial charge in [-0.05, 0) is 24.7 Å². The molecule has 16 N–H and O–H groups in total. The molecule has 0 aromatic carbocycles. The van der Waals surface area contributed by atoms with Crippen LogP contribution in [0.3, 0.4) is 0 Å². The van der Waals surface area contributed by atoms with Crippen LogP contribution in [-0.4, -0.2) is 144 Å². The minimum atomic E-state index is -1.88. The van der Waals surface area contributed by atoms with Gasteiger partial charge in [0.15, 0.2) is 11.9 Å². The number of nitrogens with two attached hydrogens (primary N) is 3. The van der Waals surface area contributed by atoms with Crippen LogP contribution < -0.4 is 54.4 Å². The first kappa shape index (κ1) is 44.1. The number of aliphatic hydroxyl groups excluding tert-OH is 3. The van der Waals surface area contributed by atoms with Crippen LogP contribution in [0.5, 0.6) is 0 Å². The van der Waals surface area contributed by atoms with Crippen molar-refractivity contribution in [2.45, 2.75) is 132 Å². The fourth-order valence-corrected chi connectivity index (χ4v) is 7.79. The molecular formula is C35H60N12O9. The molecule has 4 unspecified atom stereocenters. The van der Waals surface area contributed by atoms with Crippen LogP contribution in [0.4, 0.5) is 0 Å². The first-order valence-electron chi connectivity index (χ1n) is 19.6. The molecule has 2 fully saturated rings. The maximum Gasteiger partial charge on any atom is 0.246 e. The summed E-state index contributed by atoms with van der Waals surface area (Å²) >= 11 is 0. The molecule has 4 rings (SSSR count). The number of rotatable bonds is 20. The lowest BCUT2D eigenvalue weighted by atomic mass is 9.83. The quantitative estimate of drug-likeness (QED) is 0.0513. The number of nitrogens with zero attached hydrogens (tertiary/aromatic N) is 2. The summed E-state index contributed by atoms with van der Waals surface area (Å²) < 4.78 is 0. The van der Waals surface area contributed by atoms with Gasteiger partial charge in [-0.25, -0.2) is 0 Å². The van der Waals surface area contributed by atoms with E-state index in [1.165, 1.54) is 0 Å². The van der Waals surface area contributed by atoms with E-state index in [0.717, 1.165) is 64.2 Å². The molecule has 21 nitrogen and oxygen atoms in total. The molecule has 0 aromatic rings. The molecule has 0 bridgehead atoms. The highest BCUT2D eigenvalue weighted by atomic mass is 16.3. The number of aldehydes is 1. The Kier molecular flexibility index (Phi) is 17.0. The van der Waals surface area contributed by atoms with Crippen molar-refractivity contribution >= 4 is 47.7 Å². The molecule has 4 aliphatic rings. The third kappa shape index (κ3) is 12.7. The number of hydrogen-bond donors (Lipinski definition) is 13. The minimum Gasteiger partial charge on any atom is -0.394 e. The van der Waals surface area contributed by atoms with Crippen LogP contribution in [0.25, 0.3) is 0 Å². The molecule has 314 valence electrons. The normalized spacial score (nSPS) is 23.9. The summed E-state index contributed by atoms with van der Waals surface area (Å²) in [5.74, 6) is -4.16. The van der Waals surface area contributed by atoms with E-state index in [0.29, 0.717) is 18.6 Å². The smallest absolute Gasteiger partial charge is 0.246 e. The molecule has 2 heterocycles. The number of amides is 5. The van der Waals surface area contributed by atoms with Gasteiger partial charge in [0.2, 0.25) is 29.5 Å². The lowest BCUT2D eigenvalue weighted by Gasteiger charge is -2.33. The third-order valence-electron chi connectivity index (χ3n) is 11.0. The fourth-order valence-electron chi connectivity index (χ4n) is 7.79. The summed E-state index contributed by atoms with van der Waals surface area (Å²) in [4.78, 5) is 86.9. The summed E-state index contributed by atoms with van der Waals surface area (Å²) in [6.07, 6.45) is 7.52. The molecule has 56 heavy (non-hydrogen) atoms. The maximum absolute atomic E-state index is 14.2. The molecule has 2 aliphatic carbocycles. The molecule has 21 heteroatoms. The van der Waals surface area contributed by atoms with Gasteiger partial charge in [-0.3, -0.25) is 34.0 Å². The second-order valence-electron chi connectivity index (χ2n) is 15.2. The van der Waals surface area contributed by atoms with Crippen molar-refractivity contribution in [3.8, 4) is 0 Å². The Bertz CT molecular complexity index is 1440. The minimum absolute atomic E-state index is 0.0191. The molecular weight excluding hydrogens is 732 g/mol. The summed E-state index contributed by atoms with van der Waals surface area (Å²) in [7, 11) is 0. The zero-order chi connectivity index (χ0) is 40.8. The average molecular weight is 793 g/mol. The van der Waals surface area contributed by atoms with E-state index < -0.39 is 97.2 Å². The summed E-state index contributed by atoms with van der Waals surface area (Å²) in [5, 5.41) is 50.5. The van der Waals surface area contributed by atoms with Crippen molar-refractivity contribution < 1.29 is 44.1 Å². The molecule has 2 aliphatic heterocycles. The number of carbonyl (C=O) groups excluding carboxylic acids is 6. The standard InChI is InChI=1S/C35H60N12O9/c36-20(13-18-7-3-1-4-8-18)29(52)42-21(14-19-9-5-2-6-10-19)31(54)46-26(28(51)23-16-41-35(38)45-23)33(56)47-25(27(50)22-15-40-34(37)44-22)32(55)43-24(17-49)30(53)39-11-12-48/h12,18-28,49-51H,1-11,13-17,36H2,(H,39,53)(H,42,52)(H,43,55)(H,46,54)(H,47,56)(H3,37,40,44)(H3,38,41,45)/t20-,21-,22?,23?,24-,25-,26-,27?,28?/m0/s1. The Morgan fingerprint density at radius 1 is 0.679 bits per heavy atom. The molecule has 5 amide bonds. The van der Waals surface area contributed by atoms with E-state index in [2.05, 4.69) is 47.2 Å². The van der Waals surface area contributed by atoms with Crippen molar-refractivity contribution in [3.63, 3.8) is 0 Å². The van der Waals surface area contributed by atoms with E-state index in [4.69, 9.17) is 17.2 Å². The van der Waals surface area contributed by atoms with Gasteiger partial charge >= 0.3 is 0 Å². The molecule has 0 saturated heterocycles. The van der Waals surface area contributed by atoms with Crippen molar-refractivity contribution in [2.24, 2.45) is 39.0 Å². The third-order valence-corrected chi connectivity index (χ3v) is 11.0. The van der Waals surface area contributed by atoms with Crippen LogP contribution in [0.15, 0.2) is 9.98 Å². The predicted molar refractivity (Wildman–Crippen MR) is 203 cm³/mol. The van der Waals surface area contributed by atoms with E-state index in [1.807, 2.05) is 0 Å². The number of nitrogens with one attached hydrogen (secondary N) is 7. The Hall–Kier alpha value is -4.60. The number of carbonyl (C=O) groups is 6. The SMILES string of the molecule is NC1=NCC(C(O)[C@H](NC(=O)[C@H](CC2CCCCC2)NC(=O)[C@@H](N)CC2CCCCC2)C(=O)N[C@H](C(=O)N[C@@H](CO)C(=O)NCC=O)C(O)C2CN=C(N)N2)N1. The highest BCUT2D eigenvalue weighted by Gasteiger charge is 2.43. The molecule has 9 atom stereocenters. The van der Waals surface area contributed by atoms with Crippen LogP contribution >= 0.6 is 0 Å². The average Bonchev–Trinajstić information content (AvgIpc) is 3.84. The molecule has 2 saturated carbocycles. The van der Waals surface area contributed by atoms with E-state index in [1.54, 1.807) is 0 Å². The van der Waals surface area contributed by atoms with E-state index in [9.17, 15) is 44.1 Å². The molecule has 0 aromatic heterocycles. The summed E-state index contributed by atoms with van der Waals surface area (Å²) in [6, 6.07) is -9.25. The second kappa shape index (κ2) is 21.6. The topological polar surface area (TPSA) is 350 Å². The van der Waals surface area contributed by atoms with E-state index >= 15 is 0 Å². The zero-order valence-corrected chi connectivity index (χ0v) is 31.7. The van der Waals surface area contributed by atoms with Crippen LogP contribution in [-0.2, 0) is 28.8 Å². The van der Waals surface area contributed by atoms with Gasteiger partial charge in [-0.15, -0.1) is 0 Å². The summed E-state index contributed by atoms with van der Waals surface area (Å²) in [6.45, 7) is -1.50. The number of guanidine groups is 2. The van der Waals surface area contributed by atoms with Gasteiger partial charge in [0.05, 0.1) is 44.4 Å². The Balaban J connectivity index is 1.58. The highest BCUT2D eigenvalue weighted by Crippen LogP contribution is 2.29. The largest absolute Gasteiger partial charge is 0.394 e. The monoisotopic (exact) mass is 792 g/mol. The van der Waals surface area contributed by atoms with Gasteiger partial charge in [0.1, 0.15) is 42.7 Å². The van der Waals surface area contributed by atoms with Crippen molar-refractivity contribution in [1.82, 2.24) is 37.2 Å².